The lowest BCUT2D eigenvalue weighted by molar-refractivity contribution is -0.157. The molecule has 3 unspecified atom stereocenters. The average molecular weight is 270 g/mol. The van der Waals surface area contributed by atoms with E-state index in [4.69, 9.17) is 10.4 Å². The highest BCUT2D eigenvalue weighted by Gasteiger charge is 2.68. The molecule has 2 aliphatic rings. The van der Waals surface area contributed by atoms with Crippen molar-refractivity contribution in [2.45, 2.75) is 29.5 Å². The quantitative estimate of drug-likeness (QED) is 0.522. The van der Waals surface area contributed by atoms with Gasteiger partial charge < -0.3 is 10.0 Å². The minimum atomic E-state index is -3.84. The molecule has 2 rings (SSSR count). The summed E-state index contributed by atoms with van der Waals surface area (Å²) in [5.41, 5.74) is 0. The summed E-state index contributed by atoms with van der Waals surface area (Å²) in [5, 5.41) is 16.5. The van der Waals surface area contributed by atoms with Crippen molar-refractivity contribution < 1.29 is 23.1 Å². The van der Waals surface area contributed by atoms with Gasteiger partial charge in [-0.25, -0.2) is 13.2 Å². The Morgan fingerprint density at radius 1 is 1.67 bits per heavy atom. The van der Waals surface area contributed by atoms with E-state index in [1.807, 2.05) is 0 Å². The summed E-state index contributed by atoms with van der Waals surface area (Å²) >= 11 is 0. The van der Waals surface area contributed by atoms with Gasteiger partial charge in [-0.15, -0.1) is 0 Å². The van der Waals surface area contributed by atoms with E-state index >= 15 is 0 Å². The van der Waals surface area contributed by atoms with E-state index in [-0.39, 0.29) is 6.42 Å². The van der Waals surface area contributed by atoms with Crippen LogP contribution in [0.1, 0.15) is 13.3 Å². The largest absolute Gasteiger partial charge is 0.480 e. The van der Waals surface area contributed by atoms with Gasteiger partial charge in [0.15, 0.2) is 15.9 Å². The Balaban J connectivity index is 2.61. The number of nitriles is 1. The van der Waals surface area contributed by atoms with Crippen LogP contribution < -0.4 is 0 Å². The molecule has 2 aliphatic heterocycles. The molecule has 0 radical (unpaired) electrons. The molecular formula is C10H10N2O5S. The predicted octanol–water partition coefficient (Wildman–Crippen LogP) is -0.735. The molecular weight excluding hydrogens is 260 g/mol. The number of nitrogens with zero attached hydrogens (tertiary/aromatic N) is 2. The van der Waals surface area contributed by atoms with Crippen molar-refractivity contribution in [3.05, 3.63) is 12.2 Å². The second-order valence-electron chi connectivity index (χ2n) is 4.39. The summed E-state index contributed by atoms with van der Waals surface area (Å²) in [4.78, 5) is 23.5. The molecule has 0 saturated carbocycles. The van der Waals surface area contributed by atoms with Crippen molar-refractivity contribution in [3.8, 4) is 6.07 Å². The SMILES string of the molecule is CC1(/C=C/C#N)C(C(=O)O)N2C(=O)CC2S1(=O)=O. The molecule has 1 amide bonds. The Morgan fingerprint density at radius 3 is 2.72 bits per heavy atom. The van der Waals surface area contributed by atoms with Crippen LogP contribution in [0.2, 0.25) is 0 Å². The van der Waals surface area contributed by atoms with Crippen molar-refractivity contribution in [3.63, 3.8) is 0 Å². The zero-order valence-corrected chi connectivity index (χ0v) is 10.2. The minimum Gasteiger partial charge on any atom is -0.480 e. The molecule has 2 fully saturated rings. The summed E-state index contributed by atoms with van der Waals surface area (Å²) in [7, 11) is -3.84. The van der Waals surface area contributed by atoms with Crippen LogP contribution in [0.4, 0.5) is 0 Å². The molecule has 0 aromatic rings. The average Bonchev–Trinajstić information content (AvgIpc) is 2.41. The second kappa shape index (κ2) is 3.55. The lowest BCUT2D eigenvalue weighted by atomic mass is 9.96. The maximum atomic E-state index is 12.2. The molecule has 96 valence electrons. The van der Waals surface area contributed by atoms with E-state index in [1.165, 1.54) is 6.92 Å². The summed E-state index contributed by atoms with van der Waals surface area (Å²) in [6, 6.07) is 0.163. The highest BCUT2D eigenvalue weighted by atomic mass is 32.2. The van der Waals surface area contributed by atoms with Crippen LogP contribution in [-0.2, 0) is 19.4 Å². The molecule has 1 N–H and O–H groups in total. The lowest BCUT2D eigenvalue weighted by Gasteiger charge is -2.35. The van der Waals surface area contributed by atoms with Crippen molar-refractivity contribution >= 4 is 21.7 Å². The van der Waals surface area contributed by atoms with Crippen LogP contribution >= 0.6 is 0 Å². The van der Waals surface area contributed by atoms with Gasteiger partial charge in [-0.05, 0) is 6.92 Å². The third-order valence-electron chi connectivity index (χ3n) is 3.46. The van der Waals surface area contributed by atoms with Crippen molar-refractivity contribution in [2.75, 3.05) is 0 Å². The van der Waals surface area contributed by atoms with Gasteiger partial charge in [-0.2, -0.15) is 5.26 Å². The van der Waals surface area contributed by atoms with Gasteiger partial charge in [0.2, 0.25) is 5.91 Å². The van der Waals surface area contributed by atoms with Gasteiger partial charge in [-0.3, -0.25) is 4.79 Å². The molecule has 7 nitrogen and oxygen atoms in total. The lowest BCUT2D eigenvalue weighted by Crippen LogP contribution is -2.57. The first-order valence-corrected chi connectivity index (χ1v) is 6.66. The van der Waals surface area contributed by atoms with Crippen LogP contribution in [-0.4, -0.2) is 46.5 Å². The molecule has 0 bridgehead atoms. The van der Waals surface area contributed by atoms with Crippen molar-refractivity contribution in [1.82, 2.24) is 4.90 Å². The molecule has 8 heteroatoms. The van der Waals surface area contributed by atoms with Gasteiger partial charge in [0.05, 0.1) is 12.5 Å². The summed E-state index contributed by atoms with van der Waals surface area (Å²) in [5.74, 6) is -1.88. The van der Waals surface area contributed by atoms with E-state index in [0.29, 0.717) is 0 Å². The fourth-order valence-corrected chi connectivity index (χ4v) is 4.72. The molecule has 2 heterocycles. The van der Waals surface area contributed by atoms with Gasteiger partial charge in [0, 0.05) is 6.08 Å². The standard InChI is InChI=1S/C10H10N2O5S/c1-10(3-2-4-11)8(9(14)15)12-6(13)5-7(12)18(10,16)17/h2-3,7-8H,5H2,1H3,(H,14,15)/b3-2+. The number of amides is 1. The number of allylic oxidation sites excluding steroid dienone is 1. The maximum Gasteiger partial charge on any atom is 0.328 e. The number of carbonyl (C=O) groups excluding carboxylic acids is 1. The van der Waals surface area contributed by atoms with Crippen LogP contribution in [0, 0.1) is 11.3 Å². The topological polar surface area (TPSA) is 116 Å². The molecule has 2 saturated heterocycles. The number of aliphatic carboxylic acids is 1. The van der Waals surface area contributed by atoms with Gasteiger partial charge in [0.1, 0.15) is 10.1 Å². The minimum absolute atomic E-state index is 0.192. The van der Waals surface area contributed by atoms with Crippen LogP contribution in [0.25, 0.3) is 0 Å². The van der Waals surface area contributed by atoms with Gasteiger partial charge >= 0.3 is 5.97 Å². The summed E-state index contributed by atoms with van der Waals surface area (Å²) < 4.78 is 22.7. The summed E-state index contributed by atoms with van der Waals surface area (Å²) in [6.45, 7) is 1.22. The number of carboxylic acids is 1. The zero-order valence-electron chi connectivity index (χ0n) is 9.40. The number of fused-ring (bicyclic) bond motifs is 1. The van der Waals surface area contributed by atoms with Gasteiger partial charge in [0.25, 0.3) is 0 Å². The summed E-state index contributed by atoms with van der Waals surface area (Å²) in [6.07, 6.45) is 1.79. The number of rotatable bonds is 2. The highest BCUT2D eigenvalue weighted by molar-refractivity contribution is 7.94. The Labute approximate surface area is 103 Å². The number of hydrogen-bond acceptors (Lipinski definition) is 5. The predicted molar refractivity (Wildman–Crippen MR) is 58.8 cm³/mol. The maximum absolute atomic E-state index is 12.2. The number of sulfone groups is 1. The molecule has 0 aromatic carbocycles. The highest BCUT2D eigenvalue weighted by Crippen LogP contribution is 2.46. The first-order valence-electron chi connectivity index (χ1n) is 5.12. The Morgan fingerprint density at radius 2 is 2.28 bits per heavy atom. The molecule has 3 atom stereocenters. The number of carboxylic acid groups (broad SMARTS) is 1. The Kier molecular flexibility index (Phi) is 2.48. The Bertz CT molecular complexity index is 602. The van der Waals surface area contributed by atoms with E-state index in [2.05, 4.69) is 0 Å². The second-order valence-corrected chi connectivity index (χ2v) is 6.91. The van der Waals surface area contributed by atoms with Gasteiger partial charge in [-0.1, -0.05) is 6.08 Å². The number of β-lactam (4-membered cyclic amide) rings is 1. The van der Waals surface area contributed by atoms with Crippen molar-refractivity contribution in [1.29, 1.82) is 5.26 Å². The molecule has 0 aromatic heterocycles. The monoisotopic (exact) mass is 270 g/mol. The third-order valence-corrected chi connectivity index (χ3v) is 6.16. The van der Waals surface area contributed by atoms with Crippen molar-refractivity contribution in [2.24, 2.45) is 0 Å². The van der Waals surface area contributed by atoms with Crippen LogP contribution in [0.3, 0.4) is 0 Å². The van der Waals surface area contributed by atoms with E-state index in [0.717, 1.165) is 17.1 Å². The fraction of sp³-hybridized carbons (Fsp3) is 0.500. The fourth-order valence-electron chi connectivity index (χ4n) is 2.45. The molecule has 0 spiro atoms. The normalized spacial score (nSPS) is 37.1. The number of hydrogen-bond donors (Lipinski definition) is 1. The van der Waals surface area contributed by atoms with E-state index in [9.17, 15) is 18.0 Å². The van der Waals surface area contributed by atoms with E-state index < -0.39 is 37.9 Å². The van der Waals surface area contributed by atoms with E-state index in [1.54, 1.807) is 6.07 Å². The Hall–Kier alpha value is -1.88. The number of carbonyl (C=O) groups is 2. The zero-order chi connectivity index (χ0) is 13.7. The first-order chi connectivity index (χ1) is 8.27. The smallest absolute Gasteiger partial charge is 0.328 e. The first kappa shape index (κ1) is 12.6. The van der Waals surface area contributed by atoms with Crippen LogP contribution in [0.5, 0.6) is 0 Å². The molecule has 0 aliphatic carbocycles. The van der Waals surface area contributed by atoms with Crippen LogP contribution in [0.15, 0.2) is 12.2 Å². The molecule has 18 heavy (non-hydrogen) atoms. The third kappa shape index (κ3) is 1.25.